The summed E-state index contributed by atoms with van der Waals surface area (Å²) in [6.07, 6.45) is 3.75. The highest BCUT2D eigenvalue weighted by atomic mass is 16.3. The van der Waals surface area contributed by atoms with Gasteiger partial charge in [0.25, 0.3) is 0 Å². The van der Waals surface area contributed by atoms with Crippen LogP contribution in [0, 0.1) is 5.41 Å². The van der Waals surface area contributed by atoms with Crippen LogP contribution in [-0.4, -0.2) is 9.67 Å². The summed E-state index contributed by atoms with van der Waals surface area (Å²) in [7, 11) is 0. The van der Waals surface area contributed by atoms with Gasteiger partial charge >= 0.3 is 0 Å². The summed E-state index contributed by atoms with van der Waals surface area (Å²) < 4.78 is 2.34. The molecule has 0 amide bonds. The lowest BCUT2D eigenvalue weighted by Gasteiger charge is -2.34. The van der Waals surface area contributed by atoms with Crippen LogP contribution < -0.4 is 0 Å². The lowest BCUT2D eigenvalue weighted by Crippen LogP contribution is -2.27. The second-order valence-corrected chi connectivity index (χ2v) is 7.24. The molecule has 2 atom stereocenters. The van der Waals surface area contributed by atoms with Crippen molar-refractivity contribution in [2.24, 2.45) is 5.41 Å². The van der Waals surface area contributed by atoms with Crippen LogP contribution in [0.1, 0.15) is 56.0 Å². The van der Waals surface area contributed by atoms with Crippen LogP contribution >= 0.6 is 0 Å². The van der Waals surface area contributed by atoms with E-state index < -0.39 is 0 Å². The van der Waals surface area contributed by atoms with E-state index in [-0.39, 0.29) is 11.5 Å². The average molecular weight is 283 g/mol. The Morgan fingerprint density at radius 2 is 1.95 bits per heavy atom. The molecule has 21 heavy (non-hydrogen) atoms. The number of fused-ring (bicyclic) bond motifs is 1. The Bertz CT molecular complexity index is 612. The first-order valence-electron chi connectivity index (χ1n) is 7.87. The van der Waals surface area contributed by atoms with Crippen molar-refractivity contribution in [3.8, 4) is 0 Å². The van der Waals surface area contributed by atoms with Gasteiger partial charge in [0.2, 0.25) is 0 Å². The topological polar surface area (TPSA) is 25.2 Å². The van der Waals surface area contributed by atoms with Gasteiger partial charge in [-0.15, -0.1) is 0 Å². The minimum absolute atomic E-state index is 0.179. The van der Waals surface area contributed by atoms with E-state index >= 15 is 0 Å². The number of rotatable bonds is 3. The molecular formula is C19H25NO. The predicted molar refractivity (Wildman–Crippen MR) is 86.4 cm³/mol. The highest BCUT2D eigenvalue weighted by Crippen LogP contribution is 2.41. The Hall–Kier alpha value is -1.54. The number of aliphatic hydroxyl groups is 1. The van der Waals surface area contributed by atoms with Gasteiger partial charge in [-0.3, -0.25) is 0 Å². The molecular weight excluding hydrogens is 258 g/mol. The fourth-order valence-corrected chi connectivity index (χ4v) is 3.54. The van der Waals surface area contributed by atoms with Gasteiger partial charge in [0.1, 0.15) is 0 Å². The molecule has 0 aliphatic heterocycles. The molecule has 2 nitrogen and oxygen atoms in total. The Morgan fingerprint density at radius 1 is 1.24 bits per heavy atom. The van der Waals surface area contributed by atoms with Gasteiger partial charge in [-0.1, -0.05) is 51.1 Å². The monoisotopic (exact) mass is 283 g/mol. The standard InChI is InChI=1S/C19H25NO/c1-14(15-7-5-4-6-8-15)13-20-10-9-16-17(20)11-19(2,3)12-18(16)21/h4-10,14,18,21H,11-13H2,1-3H3. The summed E-state index contributed by atoms with van der Waals surface area (Å²) in [6, 6.07) is 12.8. The highest BCUT2D eigenvalue weighted by Gasteiger charge is 2.33. The van der Waals surface area contributed by atoms with Crippen molar-refractivity contribution in [2.45, 2.75) is 52.2 Å². The maximum absolute atomic E-state index is 10.3. The third-order valence-electron chi connectivity index (χ3n) is 4.70. The number of benzene rings is 1. The van der Waals surface area contributed by atoms with E-state index in [4.69, 9.17) is 0 Å². The molecule has 1 aromatic heterocycles. The molecule has 1 aliphatic rings. The highest BCUT2D eigenvalue weighted by molar-refractivity contribution is 5.30. The molecule has 0 radical (unpaired) electrons. The molecule has 1 aliphatic carbocycles. The molecule has 0 bridgehead atoms. The first-order valence-corrected chi connectivity index (χ1v) is 7.87. The van der Waals surface area contributed by atoms with Gasteiger partial charge in [0, 0.05) is 24.0 Å². The molecule has 2 heteroatoms. The summed E-state index contributed by atoms with van der Waals surface area (Å²) >= 11 is 0. The van der Waals surface area contributed by atoms with Gasteiger partial charge in [0.05, 0.1) is 6.10 Å². The Balaban J connectivity index is 1.85. The van der Waals surface area contributed by atoms with Crippen molar-refractivity contribution in [1.82, 2.24) is 4.57 Å². The molecule has 1 heterocycles. The third-order valence-corrected chi connectivity index (χ3v) is 4.70. The Labute approximate surface area is 127 Å². The number of hydrogen-bond acceptors (Lipinski definition) is 1. The van der Waals surface area contributed by atoms with E-state index in [1.165, 1.54) is 11.3 Å². The number of hydrogen-bond donors (Lipinski definition) is 1. The van der Waals surface area contributed by atoms with Crippen LogP contribution in [0.2, 0.25) is 0 Å². The molecule has 0 spiro atoms. The zero-order chi connectivity index (χ0) is 15.0. The van der Waals surface area contributed by atoms with Gasteiger partial charge in [0.15, 0.2) is 0 Å². The summed E-state index contributed by atoms with van der Waals surface area (Å²) in [5.41, 5.74) is 4.00. The van der Waals surface area contributed by atoms with Crippen LogP contribution in [0.4, 0.5) is 0 Å². The van der Waals surface area contributed by atoms with Crippen LogP contribution in [0.15, 0.2) is 42.6 Å². The summed E-state index contributed by atoms with van der Waals surface area (Å²) in [6.45, 7) is 7.74. The molecule has 0 fully saturated rings. The average Bonchev–Trinajstić information content (AvgIpc) is 2.81. The largest absolute Gasteiger partial charge is 0.388 e. The van der Waals surface area contributed by atoms with Crippen molar-refractivity contribution in [1.29, 1.82) is 0 Å². The number of aliphatic hydroxyl groups excluding tert-OH is 1. The Morgan fingerprint density at radius 3 is 2.67 bits per heavy atom. The van der Waals surface area contributed by atoms with E-state index in [0.717, 1.165) is 24.9 Å². The van der Waals surface area contributed by atoms with Crippen LogP contribution in [0.3, 0.4) is 0 Å². The normalized spacial score (nSPS) is 21.8. The summed E-state index contributed by atoms with van der Waals surface area (Å²) in [4.78, 5) is 0. The van der Waals surface area contributed by atoms with Crippen LogP contribution in [-0.2, 0) is 13.0 Å². The van der Waals surface area contributed by atoms with E-state index in [9.17, 15) is 5.11 Å². The maximum atomic E-state index is 10.3. The van der Waals surface area contributed by atoms with E-state index in [1.807, 2.05) is 0 Å². The second-order valence-electron chi connectivity index (χ2n) is 7.24. The minimum atomic E-state index is -0.308. The smallest absolute Gasteiger partial charge is 0.0812 e. The first-order chi connectivity index (χ1) is 9.96. The van der Waals surface area contributed by atoms with Crippen LogP contribution in [0.5, 0.6) is 0 Å². The molecule has 112 valence electrons. The van der Waals surface area contributed by atoms with Crippen LogP contribution in [0.25, 0.3) is 0 Å². The van der Waals surface area contributed by atoms with Gasteiger partial charge in [-0.05, 0) is 35.8 Å². The Kier molecular flexibility index (Phi) is 3.66. The molecule has 2 aromatic rings. The van der Waals surface area contributed by atoms with E-state index in [0.29, 0.717) is 5.92 Å². The minimum Gasteiger partial charge on any atom is -0.388 e. The SMILES string of the molecule is CC(Cn1ccc2c1CC(C)(C)CC2O)c1ccccc1. The molecule has 3 rings (SSSR count). The number of aromatic nitrogens is 1. The zero-order valence-electron chi connectivity index (χ0n) is 13.2. The van der Waals surface area contributed by atoms with E-state index in [2.05, 4.69) is 67.9 Å². The molecule has 1 aromatic carbocycles. The lowest BCUT2D eigenvalue weighted by molar-refractivity contribution is 0.0978. The quantitative estimate of drug-likeness (QED) is 0.892. The van der Waals surface area contributed by atoms with Gasteiger partial charge < -0.3 is 9.67 Å². The zero-order valence-corrected chi connectivity index (χ0v) is 13.2. The van der Waals surface area contributed by atoms with Crippen molar-refractivity contribution < 1.29 is 5.11 Å². The molecule has 1 N–H and O–H groups in total. The van der Waals surface area contributed by atoms with Crippen molar-refractivity contribution >= 4 is 0 Å². The molecule has 0 saturated carbocycles. The number of nitrogens with zero attached hydrogens (tertiary/aromatic N) is 1. The first kappa shape index (κ1) is 14.4. The third kappa shape index (κ3) is 2.91. The van der Waals surface area contributed by atoms with Crippen molar-refractivity contribution in [2.75, 3.05) is 0 Å². The van der Waals surface area contributed by atoms with Crippen molar-refractivity contribution in [3.63, 3.8) is 0 Å². The second kappa shape index (κ2) is 5.34. The fraction of sp³-hybridized carbons (Fsp3) is 0.474. The van der Waals surface area contributed by atoms with Gasteiger partial charge in [-0.25, -0.2) is 0 Å². The summed E-state index contributed by atoms with van der Waals surface area (Å²) in [5.74, 6) is 0.477. The van der Waals surface area contributed by atoms with E-state index in [1.54, 1.807) is 0 Å². The van der Waals surface area contributed by atoms with Crippen molar-refractivity contribution in [3.05, 3.63) is 59.4 Å². The molecule has 2 unspecified atom stereocenters. The summed E-state index contributed by atoms with van der Waals surface area (Å²) in [5, 5.41) is 10.3. The maximum Gasteiger partial charge on any atom is 0.0812 e. The fourth-order valence-electron chi connectivity index (χ4n) is 3.54. The van der Waals surface area contributed by atoms with Gasteiger partial charge in [-0.2, -0.15) is 0 Å². The predicted octanol–water partition coefficient (Wildman–Crippen LogP) is 4.30. The lowest BCUT2D eigenvalue weighted by atomic mass is 9.75. The molecule has 0 saturated heterocycles.